The molecule has 1 aliphatic carbocycles. The molecule has 0 bridgehead atoms. The highest BCUT2D eigenvalue weighted by molar-refractivity contribution is 4.94. The van der Waals surface area contributed by atoms with Crippen molar-refractivity contribution in [3.8, 4) is 0 Å². The lowest BCUT2D eigenvalue weighted by Gasteiger charge is -2.23. The van der Waals surface area contributed by atoms with Crippen molar-refractivity contribution in [2.75, 3.05) is 6.54 Å². The molecule has 0 amide bonds. The Hall–Kier alpha value is -0.870. The summed E-state index contributed by atoms with van der Waals surface area (Å²) in [5.41, 5.74) is -0.630. The molecule has 1 aliphatic rings. The minimum Gasteiger partial charge on any atom is -0.389 e. The number of imidazole rings is 1. The van der Waals surface area contributed by atoms with Crippen molar-refractivity contribution >= 4 is 0 Å². The topological polar surface area (TPSA) is 50.1 Å². The van der Waals surface area contributed by atoms with Gasteiger partial charge in [-0.25, -0.2) is 4.98 Å². The number of hydrogen-bond acceptors (Lipinski definition) is 3. The predicted octanol–water partition coefficient (Wildman–Crippen LogP) is 0.856. The number of aliphatic hydroxyl groups is 1. The quantitative estimate of drug-likeness (QED) is 0.752. The van der Waals surface area contributed by atoms with Crippen LogP contribution in [0.3, 0.4) is 0 Å². The summed E-state index contributed by atoms with van der Waals surface area (Å²) in [6.07, 6.45) is 7.82. The van der Waals surface area contributed by atoms with E-state index < -0.39 is 5.60 Å². The van der Waals surface area contributed by atoms with E-state index in [9.17, 15) is 5.11 Å². The average Bonchev–Trinajstić information content (AvgIpc) is 2.97. The van der Waals surface area contributed by atoms with Gasteiger partial charge in [0.25, 0.3) is 0 Å². The van der Waals surface area contributed by atoms with E-state index in [2.05, 4.69) is 10.3 Å². The summed E-state index contributed by atoms with van der Waals surface area (Å²) in [4.78, 5) is 4.26. The maximum atomic E-state index is 10.2. The fourth-order valence-electron chi connectivity index (χ4n) is 1.76. The van der Waals surface area contributed by atoms with Gasteiger partial charge < -0.3 is 15.0 Å². The third kappa shape index (κ3) is 3.32. The minimum atomic E-state index is -0.630. The molecule has 90 valence electrons. The van der Waals surface area contributed by atoms with Crippen molar-refractivity contribution in [3.63, 3.8) is 0 Å². The summed E-state index contributed by atoms with van der Waals surface area (Å²) in [6.45, 7) is 2.58. The summed E-state index contributed by atoms with van der Waals surface area (Å²) in [5, 5.41) is 13.5. The van der Waals surface area contributed by atoms with Crippen LogP contribution in [0.15, 0.2) is 12.4 Å². The van der Waals surface area contributed by atoms with Gasteiger partial charge in [0.15, 0.2) is 0 Å². The molecule has 1 saturated carbocycles. The summed E-state index contributed by atoms with van der Waals surface area (Å²) in [7, 11) is 1.99. The Kier molecular flexibility index (Phi) is 3.30. The van der Waals surface area contributed by atoms with Crippen molar-refractivity contribution in [1.29, 1.82) is 0 Å². The molecule has 1 aromatic heterocycles. The van der Waals surface area contributed by atoms with Crippen LogP contribution in [0.5, 0.6) is 0 Å². The first kappa shape index (κ1) is 11.6. The lowest BCUT2D eigenvalue weighted by atomic mass is 10.00. The Morgan fingerprint density at radius 3 is 2.94 bits per heavy atom. The lowest BCUT2D eigenvalue weighted by Crippen LogP contribution is -2.39. The van der Waals surface area contributed by atoms with Crippen LogP contribution in [0.25, 0.3) is 0 Å². The van der Waals surface area contributed by atoms with Crippen molar-refractivity contribution in [2.24, 2.45) is 7.05 Å². The highest BCUT2D eigenvalue weighted by Gasteiger charge is 2.26. The largest absolute Gasteiger partial charge is 0.389 e. The molecule has 1 atom stereocenters. The van der Waals surface area contributed by atoms with E-state index in [1.807, 2.05) is 24.7 Å². The fraction of sp³-hybridized carbons (Fsp3) is 0.750. The van der Waals surface area contributed by atoms with E-state index in [0.717, 1.165) is 18.7 Å². The van der Waals surface area contributed by atoms with Gasteiger partial charge in [-0.3, -0.25) is 0 Å². The maximum Gasteiger partial charge on any atom is 0.108 e. The van der Waals surface area contributed by atoms with Crippen LogP contribution in [0.4, 0.5) is 0 Å². The third-order valence-electron chi connectivity index (χ3n) is 3.16. The smallest absolute Gasteiger partial charge is 0.108 e. The molecule has 1 aromatic rings. The summed E-state index contributed by atoms with van der Waals surface area (Å²) >= 11 is 0. The van der Waals surface area contributed by atoms with E-state index in [-0.39, 0.29) is 0 Å². The standard InChI is InChI=1S/C12H21N3O/c1-12(16,9-14-10-3-4-10)6-5-11-13-7-8-15(11)2/h7-8,10,14,16H,3-6,9H2,1-2H3. The second kappa shape index (κ2) is 4.55. The molecular weight excluding hydrogens is 202 g/mol. The Labute approximate surface area is 96.7 Å². The first-order valence-corrected chi connectivity index (χ1v) is 5.99. The molecule has 1 fully saturated rings. The summed E-state index contributed by atoms with van der Waals surface area (Å²) in [5.74, 6) is 1.03. The average molecular weight is 223 g/mol. The molecule has 0 spiro atoms. The lowest BCUT2D eigenvalue weighted by molar-refractivity contribution is 0.0501. The van der Waals surface area contributed by atoms with Crippen molar-refractivity contribution < 1.29 is 5.11 Å². The van der Waals surface area contributed by atoms with Gasteiger partial charge in [-0.2, -0.15) is 0 Å². The first-order chi connectivity index (χ1) is 7.57. The zero-order valence-corrected chi connectivity index (χ0v) is 10.1. The number of hydrogen-bond donors (Lipinski definition) is 2. The predicted molar refractivity (Wildman–Crippen MR) is 63.2 cm³/mol. The van der Waals surface area contributed by atoms with Crippen LogP contribution in [-0.4, -0.2) is 32.8 Å². The SMILES string of the molecule is Cn1ccnc1CCC(C)(O)CNC1CC1. The fourth-order valence-corrected chi connectivity index (χ4v) is 1.76. The summed E-state index contributed by atoms with van der Waals surface area (Å²) in [6, 6.07) is 0.652. The van der Waals surface area contributed by atoms with Crippen molar-refractivity contribution in [1.82, 2.24) is 14.9 Å². The molecule has 1 heterocycles. The highest BCUT2D eigenvalue weighted by atomic mass is 16.3. The van der Waals surface area contributed by atoms with Crippen LogP contribution in [0.1, 0.15) is 32.0 Å². The van der Waals surface area contributed by atoms with E-state index in [0.29, 0.717) is 12.6 Å². The van der Waals surface area contributed by atoms with Gasteiger partial charge in [0, 0.05) is 38.4 Å². The van der Waals surface area contributed by atoms with Crippen molar-refractivity contribution in [2.45, 2.75) is 44.2 Å². The van der Waals surface area contributed by atoms with Crippen LogP contribution in [-0.2, 0) is 13.5 Å². The maximum absolute atomic E-state index is 10.2. The molecule has 0 aromatic carbocycles. The zero-order valence-electron chi connectivity index (χ0n) is 10.1. The molecule has 0 radical (unpaired) electrons. The van der Waals surface area contributed by atoms with E-state index >= 15 is 0 Å². The highest BCUT2D eigenvalue weighted by Crippen LogP contribution is 2.20. The Bertz CT molecular complexity index is 342. The van der Waals surface area contributed by atoms with Gasteiger partial charge in [-0.1, -0.05) is 0 Å². The second-order valence-corrected chi connectivity index (χ2v) is 5.11. The van der Waals surface area contributed by atoms with Crippen LogP contribution < -0.4 is 5.32 Å². The van der Waals surface area contributed by atoms with Crippen molar-refractivity contribution in [3.05, 3.63) is 18.2 Å². The van der Waals surface area contributed by atoms with E-state index in [1.54, 1.807) is 6.20 Å². The van der Waals surface area contributed by atoms with Gasteiger partial charge in [0.1, 0.15) is 5.82 Å². The van der Waals surface area contributed by atoms with Gasteiger partial charge >= 0.3 is 0 Å². The Morgan fingerprint density at radius 1 is 1.62 bits per heavy atom. The molecule has 4 heteroatoms. The molecule has 0 saturated heterocycles. The molecule has 2 N–H and O–H groups in total. The van der Waals surface area contributed by atoms with Gasteiger partial charge in [0.05, 0.1) is 5.60 Å². The van der Waals surface area contributed by atoms with Crippen LogP contribution in [0.2, 0.25) is 0 Å². The third-order valence-corrected chi connectivity index (χ3v) is 3.16. The zero-order chi connectivity index (χ0) is 11.6. The van der Waals surface area contributed by atoms with Gasteiger partial charge in [-0.05, 0) is 26.2 Å². The van der Waals surface area contributed by atoms with Crippen LogP contribution >= 0.6 is 0 Å². The molecule has 1 unspecified atom stereocenters. The monoisotopic (exact) mass is 223 g/mol. The molecule has 4 nitrogen and oxygen atoms in total. The molecular formula is C12H21N3O. The molecule has 16 heavy (non-hydrogen) atoms. The summed E-state index contributed by atoms with van der Waals surface area (Å²) < 4.78 is 2.00. The van der Waals surface area contributed by atoms with Crippen LogP contribution in [0, 0.1) is 0 Å². The van der Waals surface area contributed by atoms with E-state index in [1.165, 1.54) is 12.8 Å². The normalized spacial score (nSPS) is 19.7. The number of nitrogens with one attached hydrogen (secondary N) is 1. The molecule has 2 rings (SSSR count). The second-order valence-electron chi connectivity index (χ2n) is 5.11. The Morgan fingerprint density at radius 2 is 2.38 bits per heavy atom. The minimum absolute atomic E-state index is 0.630. The first-order valence-electron chi connectivity index (χ1n) is 5.99. The van der Waals surface area contributed by atoms with Gasteiger partial charge in [-0.15, -0.1) is 0 Å². The molecule has 0 aliphatic heterocycles. The number of aromatic nitrogens is 2. The van der Waals surface area contributed by atoms with Gasteiger partial charge in [0.2, 0.25) is 0 Å². The number of nitrogens with zero attached hydrogens (tertiary/aromatic N) is 2. The number of aryl methyl sites for hydroxylation is 2. The Balaban J connectivity index is 1.76. The van der Waals surface area contributed by atoms with E-state index in [4.69, 9.17) is 0 Å². The number of rotatable bonds is 6.